The molecule has 0 bridgehead atoms. The van der Waals surface area contributed by atoms with Gasteiger partial charge in [-0.05, 0) is 41.8 Å². The Kier molecular flexibility index (Phi) is 4.26. The van der Waals surface area contributed by atoms with E-state index in [2.05, 4.69) is 11.1 Å². The van der Waals surface area contributed by atoms with Gasteiger partial charge < -0.3 is 14.2 Å². The molecule has 1 aliphatic heterocycles. The Bertz CT molecular complexity index is 1260. The van der Waals surface area contributed by atoms with Crippen LogP contribution in [0.3, 0.4) is 0 Å². The number of fused-ring (bicyclic) bond motifs is 3. The van der Waals surface area contributed by atoms with E-state index in [0.717, 1.165) is 52.2 Å². The first-order valence-electron chi connectivity index (χ1n) is 10.5. The van der Waals surface area contributed by atoms with Gasteiger partial charge in [-0.2, -0.15) is 5.10 Å². The maximum atomic E-state index is 5.94. The summed E-state index contributed by atoms with van der Waals surface area (Å²) in [5.41, 5.74) is 7.01. The van der Waals surface area contributed by atoms with Gasteiger partial charge in [0.15, 0.2) is 11.4 Å². The molecule has 1 fully saturated rings. The molecule has 0 unspecified atom stereocenters. The number of aryl methyl sites for hydroxylation is 1. The van der Waals surface area contributed by atoms with Crippen LogP contribution in [0.25, 0.3) is 28.0 Å². The van der Waals surface area contributed by atoms with Gasteiger partial charge in [-0.25, -0.2) is 9.50 Å². The lowest BCUT2D eigenvalue weighted by atomic mass is 9.91. The minimum absolute atomic E-state index is 0.501. The van der Waals surface area contributed by atoms with Crippen molar-refractivity contribution in [1.82, 2.24) is 19.6 Å². The third kappa shape index (κ3) is 3.00. The van der Waals surface area contributed by atoms with Crippen LogP contribution in [0.15, 0.2) is 55.0 Å². The second-order valence-corrected chi connectivity index (χ2v) is 7.94. The van der Waals surface area contributed by atoms with Gasteiger partial charge in [0.1, 0.15) is 11.4 Å². The molecular weight excluding hydrogens is 392 g/mol. The first kappa shape index (κ1) is 18.5. The van der Waals surface area contributed by atoms with E-state index in [4.69, 9.17) is 24.3 Å². The minimum Gasteiger partial charge on any atom is -0.497 e. The molecule has 7 nitrogen and oxygen atoms in total. The van der Waals surface area contributed by atoms with E-state index in [-0.39, 0.29) is 0 Å². The number of hydrogen-bond donors (Lipinski definition) is 0. The zero-order chi connectivity index (χ0) is 20.8. The number of hydrogen-bond acceptors (Lipinski definition) is 6. The standard InChI is InChI=1S/C24H22N4O3/c1-29-19-4-2-3-17(13-19)21-22(16-6-9-25-10-7-16)27-28-20-5-8-24(30-11-12-31-24)14-18(20)15-26-23(21)28/h2-4,6-7,9-10,13,15H,5,8,11-12,14H2,1H3. The molecule has 1 aliphatic carbocycles. The quantitative estimate of drug-likeness (QED) is 0.509. The average molecular weight is 414 g/mol. The van der Waals surface area contributed by atoms with Crippen LogP contribution < -0.4 is 4.74 Å². The molecule has 156 valence electrons. The van der Waals surface area contributed by atoms with Crippen LogP contribution in [0.2, 0.25) is 0 Å². The maximum Gasteiger partial charge on any atom is 0.172 e. The van der Waals surface area contributed by atoms with Crippen molar-refractivity contribution in [2.75, 3.05) is 20.3 Å². The predicted octanol–water partition coefficient (Wildman–Crippen LogP) is 3.70. The van der Waals surface area contributed by atoms with E-state index in [0.29, 0.717) is 19.6 Å². The molecule has 0 atom stereocenters. The van der Waals surface area contributed by atoms with Crippen molar-refractivity contribution >= 4 is 5.65 Å². The lowest BCUT2D eigenvalue weighted by Crippen LogP contribution is -2.37. The highest BCUT2D eigenvalue weighted by atomic mass is 16.7. The molecule has 1 aromatic carbocycles. The van der Waals surface area contributed by atoms with Gasteiger partial charge in [-0.3, -0.25) is 4.98 Å². The third-order valence-corrected chi connectivity index (χ3v) is 6.16. The smallest absolute Gasteiger partial charge is 0.172 e. The van der Waals surface area contributed by atoms with Crippen molar-refractivity contribution in [3.63, 3.8) is 0 Å². The van der Waals surface area contributed by atoms with Crippen molar-refractivity contribution in [3.05, 3.63) is 66.2 Å². The topological polar surface area (TPSA) is 70.8 Å². The Balaban J connectivity index is 1.57. The van der Waals surface area contributed by atoms with Gasteiger partial charge in [-0.15, -0.1) is 0 Å². The Labute approximate surface area is 179 Å². The fourth-order valence-corrected chi connectivity index (χ4v) is 4.67. The van der Waals surface area contributed by atoms with Crippen LogP contribution in [-0.2, 0) is 22.3 Å². The zero-order valence-electron chi connectivity index (χ0n) is 17.2. The molecule has 3 aromatic heterocycles. The van der Waals surface area contributed by atoms with Crippen molar-refractivity contribution < 1.29 is 14.2 Å². The summed E-state index contributed by atoms with van der Waals surface area (Å²) in [6, 6.07) is 12.0. The number of aromatic nitrogens is 4. The number of ether oxygens (including phenoxy) is 3. The normalized spacial score (nSPS) is 17.2. The zero-order valence-corrected chi connectivity index (χ0v) is 17.2. The highest BCUT2D eigenvalue weighted by molar-refractivity contribution is 5.90. The summed E-state index contributed by atoms with van der Waals surface area (Å²) < 4.78 is 19.4. The van der Waals surface area contributed by atoms with E-state index in [1.165, 1.54) is 5.69 Å². The van der Waals surface area contributed by atoms with Gasteiger partial charge in [0.2, 0.25) is 0 Å². The van der Waals surface area contributed by atoms with E-state index in [1.54, 1.807) is 19.5 Å². The van der Waals surface area contributed by atoms with Crippen molar-refractivity contribution in [2.45, 2.75) is 25.0 Å². The highest BCUT2D eigenvalue weighted by Crippen LogP contribution is 2.39. The molecule has 0 amide bonds. The van der Waals surface area contributed by atoms with Crippen LogP contribution in [0.1, 0.15) is 17.7 Å². The highest BCUT2D eigenvalue weighted by Gasteiger charge is 2.41. The molecule has 7 heteroatoms. The van der Waals surface area contributed by atoms with E-state index < -0.39 is 5.79 Å². The summed E-state index contributed by atoms with van der Waals surface area (Å²) in [4.78, 5) is 9.03. The number of benzene rings is 1. The molecule has 0 N–H and O–H groups in total. The minimum atomic E-state index is -0.501. The molecule has 1 saturated heterocycles. The second-order valence-electron chi connectivity index (χ2n) is 7.94. The molecule has 4 aromatic rings. The van der Waals surface area contributed by atoms with Crippen molar-refractivity contribution in [1.29, 1.82) is 0 Å². The Morgan fingerprint density at radius 2 is 1.90 bits per heavy atom. The lowest BCUT2D eigenvalue weighted by Gasteiger charge is -2.32. The number of pyridine rings is 1. The summed E-state index contributed by atoms with van der Waals surface area (Å²) in [6.45, 7) is 1.30. The summed E-state index contributed by atoms with van der Waals surface area (Å²) >= 11 is 0. The maximum absolute atomic E-state index is 5.94. The summed E-state index contributed by atoms with van der Waals surface area (Å²) in [7, 11) is 1.68. The SMILES string of the molecule is COc1cccc(-c2c(-c3ccncc3)nn3c4c(cnc23)CC2(CC4)OCCO2)c1. The fraction of sp³-hybridized carbons (Fsp3) is 0.292. The molecule has 1 spiro atoms. The monoisotopic (exact) mass is 414 g/mol. The van der Waals surface area contributed by atoms with Crippen LogP contribution in [0, 0.1) is 0 Å². The molecule has 6 rings (SSSR count). The second kappa shape index (κ2) is 7.14. The first-order chi connectivity index (χ1) is 15.3. The summed E-state index contributed by atoms with van der Waals surface area (Å²) in [6.07, 6.45) is 7.87. The molecule has 2 aliphatic rings. The van der Waals surface area contributed by atoms with Gasteiger partial charge in [0.05, 0.1) is 25.9 Å². The summed E-state index contributed by atoms with van der Waals surface area (Å²) in [5, 5.41) is 5.05. The number of nitrogens with zero attached hydrogens (tertiary/aromatic N) is 4. The number of methoxy groups -OCH3 is 1. The number of rotatable bonds is 3. The van der Waals surface area contributed by atoms with Gasteiger partial charge in [0.25, 0.3) is 0 Å². The van der Waals surface area contributed by atoms with Crippen LogP contribution in [0.4, 0.5) is 0 Å². The molecular formula is C24H22N4O3. The Morgan fingerprint density at radius 3 is 2.71 bits per heavy atom. The van der Waals surface area contributed by atoms with Gasteiger partial charge in [0, 0.05) is 42.7 Å². The lowest BCUT2D eigenvalue weighted by molar-refractivity contribution is -0.164. The van der Waals surface area contributed by atoms with E-state index >= 15 is 0 Å². The molecule has 0 radical (unpaired) electrons. The van der Waals surface area contributed by atoms with Crippen LogP contribution >= 0.6 is 0 Å². The third-order valence-electron chi connectivity index (χ3n) is 6.16. The molecule has 31 heavy (non-hydrogen) atoms. The average Bonchev–Trinajstić information content (AvgIpc) is 3.44. The van der Waals surface area contributed by atoms with Gasteiger partial charge in [-0.1, -0.05) is 12.1 Å². The van der Waals surface area contributed by atoms with Gasteiger partial charge >= 0.3 is 0 Å². The van der Waals surface area contributed by atoms with Crippen LogP contribution in [-0.4, -0.2) is 45.7 Å². The summed E-state index contributed by atoms with van der Waals surface area (Å²) in [5.74, 6) is 0.298. The van der Waals surface area contributed by atoms with Crippen molar-refractivity contribution in [3.8, 4) is 28.1 Å². The van der Waals surface area contributed by atoms with Crippen molar-refractivity contribution in [2.24, 2.45) is 0 Å². The predicted molar refractivity (Wildman–Crippen MR) is 115 cm³/mol. The fourth-order valence-electron chi connectivity index (χ4n) is 4.67. The molecule has 0 saturated carbocycles. The van der Waals surface area contributed by atoms with E-state index in [9.17, 15) is 0 Å². The Morgan fingerprint density at radius 1 is 1.06 bits per heavy atom. The largest absolute Gasteiger partial charge is 0.497 e. The first-order valence-corrected chi connectivity index (χ1v) is 10.5. The van der Waals surface area contributed by atoms with E-state index in [1.807, 2.05) is 41.0 Å². The van der Waals surface area contributed by atoms with Crippen LogP contribution in [0.5, 0.6) is 5.75 Å². The Hall–Kier alpha value is -3.29. The molecule has 4 heterocycles.